The summed E-state index contributed by atoms with van der Waals surface area (Å²) in [6, 6.07) is 11.9. The molecule has 2 aromatic carbocycles. The van der Waals surface area contributed by atoms with Gasteiger partial charge in [0.05, 0.1) is 4.91 Å². The number of amides is 1. The third-order valence-corrected chi connectivity index (χ3v) is 5.56. The van der Waals surface area contributed by atoms with Gasteiger partial charge in [0.1, 0.15) is 22.5 Å². The number of ether oxygens (including phenoxy) is 1. The SMILES string of the molecule is CN1C(=O)/C(=C\c2cc(Br)ccc2OCc2ccccc2F)SC1=S. The lowest BCUT2D eigenvalue weighted by atomic mass is 10.1. The van der Waals surface area contributed by atoms with Gasteiger partial charge >= 0.3 is 0 Å². The summed E-state index contributed by atoms with van der Waals surface area (Å²) in [6.07, 6.45) is 1.74. The van der Waals surface area contributed by atoms with Crippen molar-refractivity contribution in [1.82, 2.24) is 4.90 Å². The van der Waals surface area contributed by atoms with Crippen LogP contribution in [-0.2, 0) is 11.4 Å². The number of likely N-dealkylation sites (N-methyl/N-ethyl adjacent to an activating group) is 1. The van der Waals surface area contributed by atoms with E-state index in [2.05, 4.69) is 15.9 Å². The van der Waals surface area contributed by atoms with Gasteiger partial charge in [0.15, 0.2) is 0 Å². The van der Waals surface area contributed by atoms with Crippen LogP contribution in [0.1, 0.15) is 11.1 Å². The molecule has 0 N–H and O–H groups in total. The molecule has 1 amide bonds. The van der Waals surface area contributed by atoms with E-state index in [4.69, 9.17) is 17.0 Å². The Morgan fingerprint density at radius 2 is 2.08 bits per heavy atom. The molecule has 128 valence electrons. The second-order valence-corrected chi connectivity index (χ2v) is 7.89. The summed E-state index contributed by atoms with van der Waals surface area (Å²) in [5, 5.41) is 0. The van der Waals surface area contributed by atoms with Gasteiger partial charge in [-0.2, -0.15) is 0 Å². The molecule has 1 fully saturated rings. The largest absolute Gasteiger partial charge is 0.488 e. The van der Waals surface area contributed by atoms with Gasteiger partial charge in [-0.15, -0.1) is 0 Å². The van der Waals surface area contributed by atoms with Gasteiger partial charge in [-0.3, -0.25) is 9.69 Å². The van der Waals surface area contributed by atoms with Crippen LogP contribution >= 0.6 is 39.9 Å². The van der Waals surface area contributed by atoms with Crippen molar-refractivity contribution in [3.63, 3.8) is 0 Å². The Hall–Kier alpha value is -1.70. The second kappa shape index (κ2) is 7.68. The molecule has 1 heterocycles. The minimum absolute atomic E-state index is 0.101. The lowest BCUT2D eigenvalue weighted by molar-refractivity contribution is -0.121. The summed E-state index contributed by atoms with van der Waals surface area (Å²) in [7, 11) is 1.65. The highest BCUT2D eigenvalue weighted by Crippen LogP contribution is 2.34. The molecular weight excluding hydrogens is 425 g/mol. The zero-order valence-corrected chi connectivity index (χ0v) is 16.4. The van der Waals surface area contributed by atoms with Crippen molar-refractivity contribution >= 4 is 56.2 Å². The normalized spacial score (nSPS) is 16.0. The van der Waals surface area contributed by atoms with E-state index in [1.807, 2.05) is 12.1 Å². The van der Waals surface area contributed by atoms with E-state index >= 15 is 0 Å². The molecule has 0 bridgehead atoms. The van der Waals surface area contributed by atoms with Crippen LogP contribution in [0.25, 0.3) is 6.08 Å². The van der Waals surface area contributed by atoms with Gasteiger partial charge in [-0.05, 0) is 30.3 Å². The molecule has 7 heteroatoms. The van der Waals surface area contributed by atoms with Crippen LogP contribution in [0, 0.1) is 5.82 Å². The molecule has 1 aliphatic heterocycles. The summed E-state index contributed by atoms with van der Waals surface area (Å²) in [5.74, 6) is 0.107. The Kier molecular flexibility index (Phi) is 5.56. The average Bonchev–Trinajstić information content (AvgIpc) is 2.82. The predicted molar refractivity (Wildman–Crippen MR) is 106 cm³/mol. The van der Waals surface area contributed by atoms with Crippen molar-refractivity contribution in [3.8, 4) is 5.75 Å². The fourth-order valence-electron chi connectivity index (χ4n) is 2.22. The molecule has 0 aromatic heterocycles. The highest BCUT2D eigenvalue weighted by molar-refractivity contribution is 9.10. The molecular formula is C18H13BrFNO2S2. The third kappa shape index (κ3) is 4.11. The Labute approximate surface area is 163 Å². The number of carbonyl (C=O) groups is 1. The topological polar surface area (TPSA) is 29.5 Å². The van der Waals surface area contributed by atoms with Crippen molar-refractivity contribution in [2.45, 2.75) is 6.61 Å². The van der Waals surface area contributed by atoms with Crippen molar-refractivity contribution in [2.75, 3.05) is 7.05 Å². The zero-order chi connectivity index (χ0) is 18.0. The second-order valence-electron chi connectivity index (χ2n) is 5.30. The van der Waals surface area contributed by atoms with Crippen LogP contribution in [0.15, 0.2) is 51.8 Å². The van der Waals surface area contributed by atoms with E-state index in [-0.39, 0.29) is 18.3 Å². The molecule has 3 nitrogen and oxygen atoms in total. The minimum atomic E-state index is -0.312. The Bertz CT molecular complexity index is 885. The van der Waals surface area contributed by atoms with E-state index in [1.54, 1.807) is 37.4 Å². The zero-order valence-electron chi connectivity index (χ0n) is 13.2. The Morgan fingerprint density at radius 1 is 1.32 bits per heavy atom. The standard InChI is InChI=1S/C18H13BrFNO2S2/c1-21-17(22)16(25-18(21)24)9-12-8-13(19)6-7-15(12)23-10-11-4-2-3-5-14(11)20/h2-9H,10H2,1H3/b16-9+. The highest BCUT2D eigenvalue weighted by Gasteiger charge is 2.29. The third-order valence-electron chi connectivity index (χ3n) is 3.59. The number of hydrogen-bond acceptors (Lipinski definition) is 4. The molecule has 0 aliphatic carbocycles. The van der Waals surface area contributed by atoms with Crippen LogP contribution in [-0.4, -0.2) is 22.2 Å². The van der Waals surface area contributed by atoms with E-state index in [0.717, 1.165) is 10.0 Å². The summed E-state index contributed by atoms with van der Waals surface area (Å²) >= 11 is 9.81. The predicted octanol–water partition coefficient (Wildman–Crippen LogP) is 5.00. The molecule has 0 unspecified atom stereocenters. The van der Waals surface area contributed by atoms with Gasteiger partial charge in [-0.1, -0.05) is 58.1 Å². The van der Waals surface area contributed by atoms with E-state index < -0.39 is 0 Å². The molecule has 0 spiro atoms. The molecule has 1 saturated heterocycles. The average molecular weight is 438 g/mol. The number of carbonyl (C=O) groups excluding carboxylic acids is 1. The molecule has 1 aliphatic rings. The van der Waals surface area contributed by atoms with E-state index in [9.17, 15) is 9.18 Å². The molecule has 3 rings (SSSR count). The lowest BCUT2D eigenvalue weighted by Gasteiger charge is -2.11. The van der Waals surface area contributed by atoms with Crippen LogP contribution in [0.3, 0.4) is 0 Å². The number of benzene rings is 2. The number of thiocarbonyl (C=S) groups is 1. The van der Waals surface area contributed by atoms with Crippen LogP contribution < -0.4 is 4.74 Å². The van der Waals surface area contributed by atoms with Crippen LogP contribution in [0.5, 0.6) is 5.75 Å². The van der Waals surface area contributed by atoms with E-state index in [1.165, 1.54) is 22.7 Å². The number of rotatable bonds is 4. The summed E-state index contributed by atoms with van der Waals surface area (Å²) in [6.45, 7) is 0.101. The summed E-state index contributed by atoms with van der Waals surface area (Å²) < 4.78 is 20.9. The fourth-order valence-corrected chi connectivity index (χ4v) is 3.77. The van der Waals surface area contributed by atoms with Crippen molar-refractivity contribution in [3.05, 3.63) is 68.8 Å². The van der Waals surface area contributed by atoms with Gasteiger partial charge in [0.25, 0.3) is 5.91 Å². The number of hydrogen-bond donors (Lipinski definition) is 0. The maximum Gasteiger partial charge on any atom is 0.265 e. The highest BCUT2D eigenvalue weighted by atomic mass is 79.9. The van der Waals surface area contributed by atoms with Crippen molar-refractivity contribution in [1.29, 1.82) is 0 Å². The monoisotopic (exact) mass is 437 g/mol. The maximum atomic E-state index is 13.8. The first-order valence-electron chi connectivity index (χ1n) is 7.33. The summed E-state index contributed by atoms with van der Waals surface area (Å²) in [4.78, 5) is 14.2. The van der Waals surface area contributed by atoms with Gasteiger partial charge in [-0.25, -0.2) is 4.39 Å². The van der Waals surface area contributed by atoms with Crippen molar-refractivity contribution < 1.29 is 13.9 Å². The lowest BCUT2D eigenvalue weighted by Crippen LogP contribution is -2.22. The molecule has 25 heavy (non-hydrogen) atoms. The van der Waals surface area contributed by atoms with Crippen molar-refractivity contribution in [2.24, 2.45) is 0 Å². The Balaban J connectivity index is 1.88. The van der Waals surface area contributed by atoms with Gasteiger partial charge < -0.3 is 4.74 Å². The first-order chi connectivity index (χ1) is 12.0. The molecule has 0 radical (unpaired) electrons. The summed E-state index contributed by atoms with van der Waals surface area (Å²) in [5.41, 5.74) is 1.19. The van der Waals surface area contributed by atoms with E-state index in [0.29, 0.717) is 20.5 Å². The number of thioether (sulfide) groups is 1. The Morgan fingerprint density at radius 3 is 2.76 bits per heavy atom. The van der Waals surface area contributed by atoms with Gasteiger partial charge in [0.2, 0.25) is 0 Å². The molecule has 2 aromatic rings. The fraction of sp³-hybridized carbons (Fsp3) is 0.111. The van der Waals surface area contributed by atoms with Crippen LogP contribution in [0.2, 0.25) is 0 Å². The number of nitrogens with zero attached hydrogens (tertiary/aromatic N) is 1. The first-order valence-corrected chi connectivity index (χ1v) is 9.35. The van der Waals surface area contributed by atoms with Crippen LogP contribution in [0.4, 0.5) is 4.39 Å². The minimum Gasteiger partial charge on any atom is -0.488 e. The quantitative estimate of drug-likeness (QED) is 0.497. The molecule has 0 atom stereocenters. The molecule has 0 saturated carbocycles. The first kappa shape index (κ1) is 18.1. The maximum absolute atomic E-state index is 13.8. The van der Waals surface area contributed by atoms with Gasteiger partial charge in [0, 0.05) is 22.6 Å². The smallest absolute Gasteiger partial charge is 0.265 e. The number of halogens is 2.